The van der Waals surface area contributed by atoms with E-state index in [2.05, 4.69) is 19.1 Å². The maximum absolute atomic E-state index is 13.0. The van der Waals surface area contributed by atoms with E-state index < -0.39 is 5.60 Å². The summed E-state index contributed by atoms with van der Waals surface area (Å²) in [5, 5.41) is 10.0. The molecule has 2 amide bonds. The molecule has 1 aliphatic heterocycles. The fraction of sp³-hybridized carbons (Fsp3) is 0.680. The third kappa shape index (κ3) is 3.55. The molecule has 5 heteroatoms. The van der Waals surface area contributed by atoms with Gasteiger partial charge in [0.25, 0.3) is 11.8 Å². The van der Waals surface area contributed by atoms with Crippen LogP contribution in [0.1, 0.15) is 73.7 Å². The molecule has 0 spiro atoms. The number of benzene rings is 1. The molecule has 1 N–H and O–H groups in total. The Bertz CT molecular complexity index is 806. The Balaban J connectivity index is 1.22. The molecular formula is C25H34N2O3. The van der Waals surface area contributed by atoms with Crippen molar-refractivity contribution in [3.63, 3.8) is 0 Å². The number of nitrogens with zero attached hydrogens (tertiary/aromatic N) is 2. The molecule has 0 aromatic heterocycles. The van der Waals surface area contributed by atoms with E-state index in [1.165, 1.54) is 37.7 Å². The molecule has 3 aliphatic carbocycles. The van der Waals surface area contributed by atoms with Crippen molar-refractivity contribution >= 4 is 11.8 Å². The number of rotatable bonds is 3. The summed E-state index contributed by atoms with van der Waals surface area (Å²) in [6, 6.07) is 8.39. The van der Waals surface area contributed by atoms with Crippen LogP contribution >= 0.6 is 0 Å². The topological polar surface area (TPSA) is 60.9 Å². The van der Waals surface area contributed by atoms with Crippen molar-refractivity contribution in [2.45, 2.75) is 63.4 Å². The minimum absolute atomic E-state index is 0.0505. The van der Waals surface area contributed by atoms with E-state index in [4.69, 9.17) is 0 Å². The summed E-state index contributed by atoms with van der Waals surface area (Å²) in [6.07, 6.45) is 7.91. The zero-order valence-electron chi connectivity index (χ0n) is 18.1. The Kier molecular flexibility index (Phi) is 5.12. The van der Waals surface area contributed by atoms with Crippen molar-refractivity contribution in [3.05, 3.63) is 35.4 Å². The van der Waals surface area contributed by atoms with Gasteiger partial charge in [0.15, 0.2) is 0 Å². The Morgan fingerprint density at radius 2 is 1.60 bits per heavy atom. The predicted octanol–water partition coefficient (Wildman–Crippen LogP) is 3.43. The summed E-state index contributed by atoms with van der Waals surface area (Å²) in [4.78, 5) is 28.8. The minimum atomic E-state index is -1.11. The first-order valence-electron chi connectivity index (χ1n) is 11.9. The molecule has 1 saturated heterocycles. The SMILES string of the molecule is CC1CCC2CCCC(c3ccc(C(=O)N4CCN(C(=O)C5(O)CC5)CC4)cc3)C12. The van der Waals surface area contributed by atoms with E-state index in [-0.39, 0.29) is 11.8 Å². The van der Waals surface area contributed by atoms with Gasteiger partial charge >= 0.3 is 0 Å². The second-order valence-electron chi connectivity index (χ2n) is 10.2. The molecular weight excluding hydrogens is 376 g/mol. The first-order chi connectivity index (χ1) is 14.5. The van der Waals surface area contributed by atoms with Gasteiger partial charge < -0.3 is 14.9 Å². The van der Waals surface area contributed by atoms with Crippen molar-refractivity contribution < 1.29 is 14.7 Å². The van der Waals surface area contributed by atoms with Gasteiger partial charge in [0.2, 0.25) is 0 Å². The van der Waals surface area contributed by atoms with Gasteiger partial charge in [0, 0.05) is 31.7 Å². The molecule has 5 rings (SSSR count). The molecule has 30 heavy (non-hydrogen) atoms. The van der Waals surface area contributed by atoms with Gasteiger partial charge in [0.1, 0.15) is 5.60 Å². The second-order valence-corrected chi connectivity index (χ2v) is 10.2. The first kappa shape index (κ1) is 20.0. The van der Waals surface area contributed by atoms with Gasteiger partial charge in [-0.1, -0.05) is 38.3 Å². The first-order valence-corrected chi connectivity index (χ1v) is 11.9. The lowest BCUT2D eigenvalue weighted by Gasteiger charge is -2.37. The van der Waals surface area contributed by atoms with E-state index in [9.17, 15) is 14.7 Å². The molecule has 1 aromatic rings. The van der Waals surface area contributed by atoms with Crippen LogP contribution in [0.15, 0.2) is 24.3 Å². The summed E-state index contributed by atoms with van der Waals surface area (Å²) >= 11 is 0. The molecule has 0 radical (unpaired) electrons. The summed E-state index contributed by atoms with van der Waals surface area (Å²) in [5.74, 6) is 3.06. The molecule has 5 nitrogen and oxygen atoms in total. The van der Waals surface area contributed by atoms with Gasteiger partial charge in [-0.25, -0.2) is 0 Å². The molecule has 4 aliphatic rings. The van der Waals surface area contributed by atoms with E-state index in [0.717, 1.165) is 23.3 Å². The maximum atomic E-state index is 13.0. The summed E-state index contributed by atoms with van der Waals surface area (Å²) in [7, 11) is 0. The van der Waals surface area contributed by atoms with Crippen LogP contribution < -0.4 is 0 Å². The van der Waals surface area contributed by atoms with Crippen LogP contribution in [0.2, 0.25) is 0 Å². The molecule has 162 valence electrons. The third-order valence-electron chi connectivity index (χ3n) is 8.31. The molecule has 4 fully saturated rings. The average molecular weight is 411 g/mol. The van der Waals surface area contributed by atoms with Crippen LogP contribution in [-0.4, -0.2) is 58.5 Å². The lowest BCUT2D eigenvalue weighted by molar-refractivity contribution is -0.143. The van der Waals surface area contributed by atoms with Crippen molar-refractivity contribution in [2.75, 3.05) is 26.2 Å². The van der Waals surface area contributed by atoms with Crippen LogP contribution in [0.25, 0.3) is 0 Å². The largest absolute Gasteiger partial charge is 0.380 e. The van der Waals surface area contributed by atoms with E-state index >= 15 is 0 Å². The van der Waals surface area contributed by atoms with Crippen LogP contribution in [-0.2, 0) is 4.79 Å². The quantitative estimate of drug-likeness (QED) is 0.831. The van der Waals surface area contributed by atoms with Crippen molar-refractivity contribution in [1.82, 2.24) is 9.80 Å². The van der Waals surface area contributed by atoms with E-state index in [1.807, 2.05) is 17.0 Å². The molecule has 3 saturated carbocycles. The molecule has 4 atom stereocenters. The van der Waals surface area contributed by atoms with Crippen molar-refractivity contribution in [3.8, 4) is 0 Å². The highest BCUT2D eigenvalue weighted by atomic mass is 16.3. The zero-order valence-corrected chi connectivity index (χ0v) is 18.1. The number of piperazine rings is 1. The van der Waals surface area contributed by atoms with E-state index in [1.54, 1.807) is 4.90 Å². The number of hydrogen-bond acceptors (Lipinski definition) is 3. The predicted molar refractivity (Wildman–Crippen MR) is 115 cm³/mol. The molecule has 1 heterocycles. The fourth-order valence-corrected chi connectivity index (χ4v) is 6.36. The Morgan fingerprint density at radius 1 is 0.933 bits per heavy atom. The molecule has 1 aromatic carbocycles. The third-order valence-corrected chi connectivity index (χ3v) is 8.31. The Hall–Kier alpha value is -1.88. The average Bonchev–Trinajstić information content (AvgIpc) is 3.43. The zero-order chi connectivity index (χ0) is 20.9. The molecule has 0 bridgehead atoms. The highest BCUT2D eigenvalue weighted by Gasteiger charge is 2.50. The van der Waals surface area contributed by atoms with Crippen molar-refractivity contribution in [2.24, 2.45) is 17.8 Å². The van der Waals surface area contributed by atoms with Crippen LogP contribution in [0.3, 0.4) is 0 Å². The number of fused-ring (bicyclic) bond motifs is 1. The van der Waals surface area contributed by atoms with Gasteiger partial charge in [-0.15, -0.1) is 0 Å². The monoisotopic (exact) mass is 410 g/mol. The Morgan fingerprint density at radius 3 is 2.27 bits per heavy atom. The van der Waals surface area contributed by atoms with E-state index in [0.29, 0.717) is 44.9 Å². The van der Waals surface area contributed by atoms with Gasteiger partial charge in [-0.3, -0.25) is 9.59 Å². The number of hydrogen-bond donors (Lipinski definition) is 1. The lowest BCUT2D eigenvalue weighted by Crippen LogP contribution is -2.53. The van der Waals surface area contributed by atoms with Gasteiger partial charge in [0.05, 0.1) is 0 Å². The number of amides is 2. The number of aliphatic hydroxyl groups is 1. The van der Waals surface area contributed by atoms with Crippen LogP contribution in [0.4, 0.5) is 0 Å². The van der Waals surface area contributed by atoms with Crippen molar-refractivity contribution in [1.29, 1.82) is 0 Å². The fourth-order valence-electron chi connectivity index (χ4n) is 6.36. The van der Waals surface area contributed by atoms with Crippen LogP contribution in [0.5, 0.6) is 0 Å². The highest BCUT2D eigenvalue weighted by Crippen LogP contribution is 2.52. The minimum Gasteiger partial charge on any atom is -0.380 e. The maximum Gasteiger partial charge on any atom is 0.254 e. The number of carbonyl (C=O) groups excluding carboxylic acids is 2. The Labute approximate surface area is 179 Å². The standard InChI is InChI=1S/C25H34N2O3/c1-17-5-6-19-3-2-4-21(22(17)19)18-7-9-20(10-8-18)23(28)26-13-15-27(16-14-26)24(29)25(30)11-12-25/h7-10,17,19,21-22,30H,2-6,11-16H2,1H3. The van der Waals surface area contributed by atoms with Gasteiger partial charge in [-0.2, -0.15) is 0 Å². The smallest absolute Gasteiger partial charge is 0.254 e. The summed E-state index contributed by atoms with van der Waals surface area (Å²) in [6.45, 7) is 4.51. The summed E-state index contributed by atoms with van der Waals surface area (Å²) < 4.78 is 0. The second kappa shape index (κ2) is 7.67. The summed E-state index contributed by atoms with van der Waals surface area (Å²) in [5.41, 5.74) is 1.03. The van der Waals surface area contributed by atoms with Gasteiger partial charge in [-0.05, 0) is 67.1 Å². The number of carbonyl (C=O) groups is 2. The highest BCUT2D eigenvalue weighted by molar-refractivity contribution is 5.94. The lowest BCUT2D eigenvalue weighted by atomic mass is 9.68. The molecule has 4 unspecified atom stereocenters. The normalized spacial score (nSPS) is 32.6. The van der Waals surface area contributed by atoms with Crippen LogP contribution in [0, 0.1) is 17.8 Å².